The molecule has 0 saturated heterocycles. The molecule has 0 radical (unpaired) electrons. The van der Waals surface area contributed by atoms with Crippen LogP contribution in [-0.4, -0.2) is 25.1 Å². The lowest BCUT2D eigenvalue weighted by molar-refractivity contribution is 0.102. The van der Waals surface area contributed by atoms with Crippen LogP contribution in [0.15, 0.2) is 36.5 Å². The maximum absolute atomic E-state index is 12.2. The van der Waals surface area contributed by atoms with Crippen LogP contribution in [0.2, 0.25) is 5.02 Å². The number of para-hydroxylation sites is 1. The van der Waals surface area contributed by atoms with E-state index in [1.54, 1.807) is 30.3 Å². The molecule has 0 aliphatic carbocycles. The van der Waals surface area contributed by atoms with Crippen LogP contribution in [0.3, 0.4) is 0 Å². The summed E-state index contributed by atoms with van der Waals surface area (Å²) < 4.78 is 10.4. The fourth-order valence-electron chi connectivity index (χ4n) is 1.70. The summed E-state index contributed by atoms with van der Waals surface area (Å²) in [6, 6.07) is 8.34. The van der Waals surface area contributed by atoms with Crippen molar-refractivity contribution in [2.24, 2.45) is 0 Å². The van der Waals surface area contributed by atoms with Crippen LogP contribution in [0.1, 0.15) is 10.4 Å². The predicted octanol–water partition coefficient (Wildman–Crippen LogP) is 3.00. The van der Waals surface area contributed by atoms with Crippen molar-refractivity contribution in [3.05, 3.63) is 47.1 Å². The molecule has 104 valence electrons. The monoisotopic (exact) mass is 292 g/mol. The van der Waals surface area contributed by atoms with Crippen molar-refractivity contribution in [2.75, 3.05) is 19.5 Å². The molecule has 0 atom stereocenters. The van der Waals surface area contributed by atoms with Gasteiger partial charge in [0.1, 0.15) is 5.82 Å². The number of benzene rings is 1. The SMILES string of the molecule is COc1cccc(C(=O)Nc2ccc(Cl)cn2)c1OC. The number of aromatic nitrogens is 1. The highest BCUT2D eigenvalue weighted by Crippen LogP contribution is 2.31. The van der Waals surface area contributed by atoms with Crippen LogP contribution < -0.4 is 14.8 Å². The summed E-state index contributed by atoms with van der Waals surface area (Å²) in [4.78, 5) is 16.2. The first-order valence-electron chi connectivity index (χ1n) is 5.79. The van der Waals surface area contributed by atoms with Gasteiger partial charge in [-0.2, -0.15) is 0 Å². The molecule has 1 aromatic carbocycles. The second-order valence-corrected chi connectivity index (χ2v) is 4.29. The van der Waals surface area contributed by atoms with Gasteiger partial charge in [0.2, 0.25) is 0 Å². The van der Waals surface area contributed by atoms with E-state index in [1.165, 1.54) is 20.4 Å². The topological polar surface area (TPSA) is 60.5 Å². The normalized spacial score (nSPS) is 9.95. The Morgan fingerprint density at radius 3 is 2.60 bits per heavy atom. The van der Waals surface area contributed by atoms with Crippen LogP contribution in [0.25, 0.3) is 0 Å². The molecule has 1 aromatic heterocycles. The second kappa shape index (κ2) is 6.25. The third-order valence-electron chi connectivity index (χ3n) is 2.62. The molecule has 1 heterocycles. The first-order valence-corrected chi connectivity index (χ1v) is 6.17. The molecule has 0 unspecified atom stereocenters. The number of rotatable bonds is 4. The average Bonchev–Trinajstić information content (AvgIpc) is 2.48. The van der Waals surface area contributed by atoms with Crippen LogP contribution in [0.4, 0.5) is 5.82 Å². The summed E-state index contributed by atoms with van der Waals surface area (Å²) in [6.45, 7) is 0. The number of hydrogen-bond donors (Lipinski definition) is 1. The Labute approximate surface area is 121 Å². The van der Waals surface area contributed by atoms with E-state index in [0.29, 0.717) is 27.9 Å². The van der Waals surface area contributed by atoms with Gasteiger partial charge in [0.25, 0.3) is 5.91 Å². The zero-order valence-electron chi connectivity index (χ0n) is 11.0. The van der Waals surface area contributed by atoms with Gasteiger partial charge >= 0.3 is 0 Å². The minimum atomic E-state index is -0.337. The molecule has 0 spiro atoms. The fraction of sp³-hybridized carbons (Fsp3) is 0.143. The van der Waals surface area contributed by atoms with Crippen LogP contribution in [-0.2, 0) is 0 Å². The van der Waals surface area contributed by atoms with Gasteiger partial charge in [-0.05, 0) is 24.3 Å². The van der Waals surface area contributed by atoms with Crippen LogP contribution in [0, 0.1) is 0 Å². The molecule has 2 rings (SSSR count). The molecular formula is C14H13ClN2O3. The van der Waals surface area contributed by atoms with Gasteiger partial charge in [-0.15, -0.1) is 0 Å². The summed E-state index contributed by atoms with van der Waals surface area (Å²) in [5.41, 5.74) is 0.364. The zero-order valence-corrected chi connectivity index (χ0v) is 11.8. The van der Waals surface area contributed by atoms with Crippen molar-refractivity contribution >= 4 is 23.3 Å². The molecule has 0 aliphatic rings. The number of anilines is 1. The summed E-state index contributed by atoms with van der Waals surface area (Å²) in [6.07, 6.45) is 1.46. The number of pyridine rings is 1. The Balaban J connectivity index is 2.27. The first-order chi connectivity index (χ1) is 9.65. The van der Waals surface area contributed by atoms with E-state index in [2.05, 4.69) is 10.3 Å². The van der Waals surface area contributed by atoms with Crippen LogP contribution in [0.5, 0.6) is 11.5 Å². The Bertz CT molecular complexity index is 614. The summed E-state index contributed by atoms with van der Waals surface area (Å²) in [5, 5.41) is 3.17. The summed E-state index contributed by atoms with van der Waals surface area (Å²) in [5.74, 6) is 0.936. The van der Waals surface area contributed by atoms with E-state index in [1.807, 2.05) is 0 Å². The lowest BCUT2D eigenvalue weighted by Crippen LogP contribution is -2.14. The highest BCUT2D eigenvalue weighted by Gasteiger charge is 2.16. The highest BCUT2D eigenvalue weighted by atomic mass is 35.5. The number of methoxy groups -OCH3 is 2. The number of carbonyl (C=O) groups excluding carboxylic acids is 1. The Morgan fingerprint density at radius 1 is 1.20 bits per heavy atom. The molecule has 6 heteroatoms. The van der Waals surface area contributed by atoms with Gasteiger partial charge in [0, 0.05) is 6.20 Å². The van der Waals surface area contributed by atoms with Crippen molar-refractivity contribution in [2.45, 2.75) is 0 Å². The summed E-state index contributed by atoms with van der Waals surface area (Å²) in [7, 11) is 3.00. The number of carbonyl (C=O) groups is 1. The van der Waals surface area contributed by atoms with E-state index in [0.717, 1.165) is 0 Å². The molecule has 20 heavy (non-hydrogen) atoms. The lowest BCUT2D eigenvalue weighted by Gasteiger charge is -2.12. The van der Waals surface area contributed by atoms with Gasteiger partial charge < -0.3 is 14.8 Å². The van der Waals surface area contributed by atoms with Crippen LogP contribution >= 0.6 is 11.6 Å². The lowest BCUT2D eigenvalue weighted by atomic mass is 10.1. The quantitative estimate of drug-likeness (QED) is 0.941. The van der Waals surface area contributed by atoms with Crippen molar-refractivity contribution in [3.63, 3.8) is 0 Å². The Morgan fingerprint density at radius 2 is 2.00 bits per heavy atom. The average molecular weight is 293 g/mol. The van der Waals surface area contributed by atoms with E-state index in [9.17, 15) is 4.79 Å². The number of ether oxygens (including phenoxy) is 2. The minimum absolute atomic E-state index is 0.337. The van der Waals surface area contributed by atoms with E-state index < -0.39 is 0 Å². The molecule has 5 nitrogen and oxygen atoms in total. The van der Waals surface area contributed by atoms with Gasteiger partial charge in [-0.25, -0.2) is 4.98 Å². The van der Waals surface area contributed by atoms with Gasteiger partial charge in [-0.3, -0.25) is 4.79 Å². The van der Waals surface area contributed by atoms with Crippen molar-refractivity contribution in [3.8, 4) is 11.5 Å². The molecule has 0 fully saturated rings. The highest BCUT2D eigenvalue weighted by molar-refractivity contribution is 6.30. The van der Waals surface area contributed by atoms with Gasteiger partial charge in [0.05, 0.1) is 24.8 Å². The molecule has 1 N–H and O–H groups in total. The van der Waals surface area contributed by atoms with Crippen molar-refractivity contribution < 1.29 is 14.3 Å². The maximum atomic E-state index is 12.2. The van der Waals surface area contributed by atoms with Gasteiger partial charge in [-0.1, -0.05) is 17.7 Å². The third-order valence-corrected chi connectivity index (χ3v) is 2.84. The molecule has 0 saturated carbocycles. The standard InChI is InChI=1S/C14H13ClN2O3/c1-19-11-5-3-4-10(13(11)20-2)14(18)17-12-7-6-9(15)8-16-12/h3-8H,1-2H3,(H,16,17,18). The Kier molecular flexibility index (Phi) is 4.42. The van der Waals surface area contributed by atoms with E-state index in [-0.39, 0.29) is 5.91 Å². The van der Waals surface area contributed by atoms with E-state index >= 15 is 0 Å². The number of nitrogens with zero attached hydrogens (tertiary/aromatic N) is 1. The number of amides is 1. The number of halogens is 1. The second-order valence-electron chi connectivity index (χ2n) is 3.86. The minimum Gasteiger partial charge on any atom is -0.493 e. The third kappa shape index (κ3) is 3.00. The van der Waals surface area contributed by atoms with Crippen molar-refractivity contribution in [1.29, 1.82) is 0 Å². The largest absolute Gasteiger partial charge is 0.493 e. The predicted molar refractivity (Wildman–Crippen MR) is 76.7 cm³/mol. The summed E-state index contributed by atoms with van der Waals surface area (Å²) >= 11 is 5.74. The fourth-order valence-corrected chi connectivity index (χ4v) is 1.81. The zero-order chi connectivity index (χ0) is 14.5. The molecule has 0 aliphatic heterocycles. The molecule has 2 aromatic rings. The molecule has 1 amide bonds. The van der Waals surface area contributed by atoms with Gasteiger partial charge in [0.15, 0.2) is 11.5 Å². The molecule has 0 bridgehead atoms. The van der Waals surface area contributed by atoms with E-state index in [4.69, 9.17) is 21.1 Å². The first kappa shape index (κ1) is 14.1. The van der Waals surface area contributed by atoms with Crippen molar-refractivity contribution in [1.82, 2.24) is 4.98 Å². The maximum Gasteiger partial charge on any atom is 0.260 e. The number of nitrogens with one attached hydrogen (secondary N) is 1. The number of hydrogen-bond acceptors (Lipinski definition) is 4. The molecular weight excluding hydrogens is 280 g/mol. The smallest absolute Gasteiger partial charge is 0.260 e. The Hall–Kier alpha value is -2.27.